The Labute approximate surface area is 113 Å². The molecule has 0 saturated heterocycles. The number of nitrogens with zero attached hydrogens (tertiary/aromatic N) is 1. The fraction of sp³-hybridized carbons (Fsp3) is 0.188. The van der Waals surface area contributed by atoms with Crippen LogP contribution in [0.25, 0.3) is 0 Å². The number of nitrogens with one attached hydrogen (secondary N) is 1. The van der Waals surface area contributed by atoms with Crippen molar-refractivity contribution in [3.05, 3.63) is 59.2 Å². The Balaban J connectivity index is 2.17. The summed E-state index contributed by atoms with van der Waals surface area (Å²) in [5.41, 5.74) is 3.66. The molecular weight excluding hydrogens is 236 g/mol. The van der Waals surface area contributed by atoms with Gasteiger partial charge in [-0.15, -0.1) is 0 Å². The highest BCUT2D eigenvalue weighted by atomic mass is 16.5. The van der Waals surface area contributed by atoms with Gasteiger partial charge < -0.3 is 10.1 Å². The van der Waals surface area contributed by atoms with Crippen LogP contribution in [0.4, 0.5) is 5.69 Å². The average molecular weight is 252 g/mol. The number of hydrogen-bond donors (Lipinski definition) is 1. The Hall–Kier alpha value is -2.47. The Morgan fingerprint density at radius 1 is 1.21 bits per heavy atom. The minimum Gasteiger partial charge on any atom is -0.496 e. The summed E-state index contributed by atoms with van der Waals surface area (Å²) in [5.74, 6) is 0.848. The van der Waals surface area contributed by atoms with E-state index in [9.17, 15) is 0 Å². The normalized spacial score (nSPS) is 9.74. The lowest BCUT2D eigenvalue weighted by atomic mass is 10.1. The van der Waals surface area contributed by atoms with Crippen LogP contribution in [0, 0.1) is 18.3 Å². The van der Waals surface area contributed by atoms with Gasteiger partial charge in [0, 0.05) is 12.1 Å². The van der Waals surface area contributed by atoms with Gasteiger partial charge >= 0.3 is 0 Å². The molecule has 2 rings (SSSR count). The molecule has 3 heteroatoms. The molecular formula is C16H16N2O. The van der Waals surface area contributed by atoms with Gasteiger partial charge in [0.2, 0.25) is 0 Å². The average Bonchev–Trinajstić information content (AvgIpc) is 2.46. The van der Waals surface area contributed by atoms with E-state index in [0.717, 1.165) is 22.6 Å². The summed E-state index contributed by atoms with van der Waals surface area (Å²) in [6.07, 6.45) is 0. The first-order chi connectivity index (χ1) is 9.24. The maximum Gasteiger partial charge on any atom is 0.123 e. The smallest absolute Gasteiger partial charge is 0.123 e. The minimum atomic E-state index is 0.627. The number of benzene rings is 2. The molecule has 2 aromatic rings. The second-order valence-corrected chi connectivity index (χ2v) is 4.33. The van der Waals surface area contributed by atoms with Gasteiger partial charge in [-0.1, -0.05) is 24.3 Å². The molecule has 0 bridgehead atoms. The Bertz CT molecular complexity index is 614. The van der Waals surface area contributed by atoms with Crippen molar-refractivity contribution in [2.75, 3.05) is 12.4 Å². The summed E-state index contributed by atoms with van der Waals surface area (Å²) in [6, 6.07) is 15.9. The molecule has 3 nitrogen and oxygen atoms in total. The van der Waals surface area contributed by atoms with Gasteiger partial charge in [0.1, 0.15) is 11.8 Å². The number of anilines is 1. The van der Waals surface area contributed by atoms with Crippen LogP contribution < -0.4 is 10.1 Å². The highest BCUT2D eigenvalue weighted by Gasteiger charge is 2.04. The predicted molar refractivity (Wildman–Crippen MR) is 76.2 cm³/mol. The number of para-hydroxylation sites is 1. The standard InChI is InChI=1S/C16H16N2O/c1-12-7-8-15(14(9-12)10-17)18-11-13-5-3-4-6-16(13)19-2/h3-9,18H,11H2,1-2H3. The molecule has 0 unspecified atom stereocenters. The summed E-state index contributed by atoms with van der Waals surface area (Å²) in [6.45, 7) is 2.60. The van der Waals surface area contributed by atoms with E-state index in [4.69, 9.17) is 10.00 Å². The monoisotopic (exact) mass is 252 g/mol. The number of hydrogen-bond acceptors (Lipinski definition) is 3. The zero-order chi connectivity index (χ0) is 13.7. The first-order valence-electron chi connectivity index (χ1n) is 6.11. The molecule has 0 radical (unpaired) electrons. The third kappa shape index (κ3) is 3.05. The van der Waals surface area contributed by atoms with Crippen molar-refractivity contribution in [2.24, 2.45) is 0 Å². The third-order valence-corrected chi connectivity index (χ3v) is 2.96. The van der Waals surface area contributed by atoms with E-state index in [1.54, 1.807) is 7.11 Å². The Kier molecular flexibility index (Phi) is 4.04. The largest absolute Gasteiger partial charge is 0.496 e. The zero-order valence-electron chi connectivity index (χ0n) is 11.1. The lowest BCUT2D eigenvalue weighted by Crippen LogP contribution is -2.03. The van der Waals surface area contributed by atoms with E-state index < -0.39 is 0 Å². The molecule has 1 N–H and O–H groups in total. The number of nitriles is 1. The number of aryl methyl sites for hydroxylation is 1. The molecule has 0 aliphatic heterocycles. The molecule has 0 amide bonds. The zero-order valence-corrected chi connectivity index (χ0v) is 11.1. The highest BCUT2D eigenvalue weighted by Crippen LogP contribution is 2.21. The van der Waals surface area contributed by atoms with Gasteiger partial charge in [-0.05, 0) is 30.7 Å². The highest BCUT2D eigenvalue weighted by molar-refractivity contribution is 5.59. The summed E-state index contributed by atoms with van der Waals surface area (Å²) in [5, 5.41) is 12.4. The van der Waals surface area contributed by atoms with Crippen molar-refractivity contribution in [3.63, 3.8) is 0 Å². The Morgan fingerprint density at radius 3 is 2.74 bits per heavy atom. The number of rotatable bonds is 4. The minimum absolute atomic E-state index is 0.627. The topological polar surface area (TPSA) is 45.0 Å². The molecule has 0 aliphatic rings. The van der Waals surface area contributed by atoms with Crippen LogP contribution in [0.5, 0.6) is 5.75 Å². The van der Waals surface area contributed by atoms with E-state index in [1.807, 2.05) is 49.4 Å². The van der Waals surface area contributed by atoms with Crippen LogP contribution >= 0.6 is 0 Å². The molecule has 0 heterocycles. The fourth-order valence-electron chi connectivity index (χ4n) is 1.94. The lowest BCUT2D eigenvalue weighted by Gasteiger charge is -2.11. The summed E-state index contributed by atoms with van der Waals surface area (Å²) in [4.78, 5) is 0. The van der Waals surface area contributed by atoms with Gasteiger partial charge in [0.15, 0.2) is 0 Å². The molecule has 0 spiro atoms. The second kappa shape index (κ2) is 5.92. The molecule has 96 valence electrons. The molecule has 0 aliphatic carbocycles. The third-order valence-electron chi connectivity index (χ3n) is 2.96. The quantitative estimate of drug-likeness (QED) is 0.906. The van der Waals surface area contributed by atoms with Crippen molar-refractivity contribution in [3.8, 4) is 11.8 Å². The summed E-state index contributed by atoms with van der Waals surface area (Å²) >= 11 is 0. The van der Waals surface area contributed by atoms with E-state index in [2.05, 4.69) is 11.4 Å². The van der Waals surface area contributed by atoms with Crippen LogP contribution in [-0.2, 0) is 6.54 Å². The van der Waals surface area contributed by atoms with Crippen molar-refractivity contribution >= 4 is 5.69 Å². The first kappa shape index (κ1) is 13.0. The number of methoxy groups -OCH3 is 1. The van der Waals surface area contributed by atoms with Gasteiger partial charge in [0.25, 0.3) is 0 Å². The van der Waals surface area contributed by atoms with Gasteiger partial charge in [-0.3, -0.25) is 0 Å². The van der Waals surface area contributed by atoms with Crippen LogP contribution in [0.15, 0.2) is 42.5 Å². The van der Waals surface area contributed by atoms with Gasteiger partial charge in [-0.25, -0.2) is 0 Å². The second-order valence-electron chi connectivity index (χ2n) is 4.33. The maximum atomic E-state index is 9.13. The summed E-state index contributed by atoms with van der Waals surface area (Å²) in [7, 11) is 1.66. The van der Waals surface area contributed by atoms with E-state index in [0.29, 0.717) is 12.1 Å². The molecule has 0 fully saturated rings. The van der Waals surface area contributed by atoms with Crippen LogP contribution in [-0.4, -0.2) is 7.11 Å². The van der Waals surface area contributed by atoms with E-state index in [-0.39, 0.29) is 0 Å². The molecule has 0 atom stereocenters. The lowest BCUT2D eigenvalue weighted by molar-refractivity contribution is 0.410. The fourth-order valence-corrected chi connectivity index (χ4v) is 1.94. The van der Waals surface area contributed by atoms with Gasteiger partial charge in [0.05, 0.1) is 18.4 Å². The molecule has 0 saturated carbocycles. The van der Waals surface area contributed by atoms with E-state index in [1.165, 1.54) is 0 Å². The van der Waals surface area contributed by atoms with Crippen molar-refractivity contribution < 1.29 is 4.74 Å². The van der Waals surface area contributed by atoms with Crippen LogP contribution in [0.2, 0.25) is 0 Å². The molecule has 0 aromatic heterocycles. The molecule has 2 aromatic carbocycles. The SMILES string of the molecule is COc1ccccc1CNc1ccc(C)cc1C#N. The maximum absolute atomic E-state index is 9.13. The van der Waals surface area contributed by atoms with Crippen molar-refractivity contribution in [1.29, 1.82) is 5.26 Å². The predicted octanol–water partition coefficient (Wildman–Crippen LogP) is 3.49. The van der Waals surface area contributed by atoms with Crippen molar-refractivity contribution in [2.45, 2.75) is 13.5 Å². The van der Waals surface area contributed by atoms with Gasteiger partial charge in [-0.2, -0.15) is 5.26 Å². The molecule has 19 heavy (non-hydrogen) atoms. The Morgan fingerprint density at radius 2 is 2.00 bits per heavy atom. The van der Waals surface area contributed by atoms with E-state index >= 15 is 0 Å². The summed E-state index contributed by atoms with van der Waals surface area (Å²) < 4.78 is 5.30. The van der Waals surface area contributed by atoms with Crippen molar-refractivity contribution in [1.82, 2.24) is 0 Å². The van der Waals surface area contributed by atoms with Crippen LogP contribution in [0.3, 0.4) is 0 Å². The first-order valence-corrected chi connectivity index (χ1v) is 6.11. The van der Waals surface area contributed by atoms with Crippen LogP contribution in [0.1, 0.15) is 16.7 Å². The number of ether oxygens (including phenoxy) is 1.